The van der Waals surface area contributed by atoms with Crippen molar-refractivity contribution in [3.8, 4) is 17.0 Å². The molecule has 0 saturated heterocycles. The van der Waals surface area contributed by atoms with Gasteiger partial charge in [-0.25, -0.2) is 4.98 Å². The molecule has 6 heteroatoms. The average Bonchev–Trinajstić information content (AvgIpc) is 3.22. The molecule has 0 aliphatic carbocycles. The number of anilines is 1. The lowest BCUT2D eigenvalue weighted by Gasteiger charge is -2.02. The van der Waals surface area contributed by atoms with E-state index in [1.54, 1.807) is 7.11 Å². The third-order valence-electron chi connectivity index (χ3n) is 4.43. The van der Waals surface area contributed by atoms with Crippen molar-refractivity contribution >= 4 is 33.3 Å². The molecule has 136 valence electrons. The molecule has 0 unspecified atom stereocenters. The maximum Gasteiger partial charge on any atom is 0.293 e. The van der Waals surface area contributed by atoms with Crippen LogP contribution in [0.2, 0.25) is 0 Å². The number of rotatable bonds is 4. The fourth-order valence-corrected chi connectivity index (χ4v) is 3.84. The first-order chi connectivity index (χ1) is 13.1. The first-order valence-electron chi connectivity index (χ1n) is 8.48. The molecule has 5 nitrogen and oxygen atoms in total. The number of nitrogens with one attached hydrogen (secondary N) is 1. The van der Waals surface area contributed by atoms with Gasteiger partial charge in [-0.3, -0.25) is 10.1 Å². The number of carbonyl (C=O) groups excluding carboxylic acids is 1. The number of furan rings is 1. The molecule has 2 aromatic carbocycles. The van der Waals surface area contributed by atoms with Crippen molar-refractivity contribution < 1.29 is 13.9 Å². The van der Waals surface area contributed by atoms with Gasteiger partial charge in [0.25, 0.3) is 5.91 Å². The lowest BCUT2D eigenvalue weighted by Crippen LogP contribution is -2.11. The van der Waals surface area contributed by atoms with Gasteiger partial charge in [0.2, 0.25) is 0 Å². The second-order valence-electron chi connectivity index (χ2n) is 6.16. The van der Waals surface area contributed by atoms with Crippen LogP contribution in [0.5, 0.6) is 5.75 Å². The normalized spacial score (nSPS) is 10.9. The number of para-hydroxylation sites is 1. The van der Waals surface area contributed by atoms with Crippen molar-refractivity contribution in [3.05, 3.63) is 64.7 Å². The van der Waals surface area contributed by atoms with Gasteiger partial charge in [-0.15, -0.1) is 11.3 Å². The minimum atomic E-state index is -0.293. The molecule has 2 heterocycles. The standard InChI is InChI=1S/C21H18N2O3S/c1-12-16-6-4-5-7-17(16)26-19(12)20(24)23-21-22-18(13(2)27-21)14-8-10-15(25-3)11-9-14/h4-11H,1-3H3,(H,22,23,24). The van der Waals surface area contributed by atoms with E-state index in [1.165, 1.54) is 11.3 Å². The van der Waals surface area contributed by atoms with Crippen LogP contribution in [-0.2, 0) is 0 Å². The van der Waals surface area contributed by atoms with E-state index in [0.29, 0.717) is 16.5 Å². The van der Waals surface area contributed by atoms with E-state index in [-0.39, 0.29) is 5.91 Å². The smallest absolute Gasteiger partial charge is 0.293 e. The number of fused-ring (bicyclic) bond motifs is 1. The Morgan fingerprint density at radius 3 is 2.56 bits per heavy atom. The number of carbonyl (C=O) groups is 1. The van der Waals surface area contributed by atoms with Crippen LogP contribution in [0.25, 0.3) is 22.2 Å². The summed E-state index contributed by atoms with van der Waals surface area (Å²) in [6.07, 6.45) is 0. The largest absolute Gasteiger partial charge is 0.497 e. The predicted molar refractivity (Wildman–Crippen MR) is 108 cm³/mol. The van der Waals surface area contributed by atoms with Crippen LogP contribution in [0.4, 0.5) is 5.13 Å². The SMILES string of the molecule is COc1ccc(-c2nc(NC(=O)c3oc4ccccc4c3C)sc2C)cc1. The van der Waals surface area contributed by atoms with Gasteiger partial charge in [0.1, 0.15) is 11.3 Å². The summed E-state index contributed by atoms with van der Waals surface area (Å²) in [6.45, 7) is 3.87. The number of benzene rings is 2. The highest BCUT2D eigenvalue weighted by Gasteiger charge is 2.19. The summed E-state index contributed by atoms with van der Waals surface area (Å²) in [5.41, 5.74) is 3.35. The number of aromatic nitrogens is 1. The molecule has 1 N–H and O–H groups in total. The third kappa shape index (κ3) is 3.19. The summed E-state index contributed by atoms with van der Waals surface area (Å²) >= 11 is 1.44. The van der Waals surface area contributed by atoms with Crippen LogP contribution < -0.4 is 10.1 Å². The predicted octanol–water partition coefficient (Wildman–Crippen LogP) is 5.43. The van der Waals surface area contributed by atoms with Crippen molar-refractivity contribution in [2.75, 3.05) is 12.4 Å². The van der Waals surface area contributed by atoms with Crippen molar-refractivity contribution in [2.45, 2.75) is 13.8 Å². The Morgan fingerprint density at radius 2 is 1.85 bits per heavy atom. The summed E-state index contributed by atoms with van der Waals surface area (Å²) in [4.78, 5) is 18.3. The number of methoxy groups -OCH3 is 1. The Hall–Kier alpha value is -3.12. The number of aryl methyl sites for hydroxylation is 2. The molecular weight excluding hydrogens is 360 g/mol. The number of ether oxygens (including phenoxy) is 1. The van der Waals surface area contributed by atoms with Gasteiger partial charge in [-0.05, 0) is 44.2 Å². The zero-order chi connectivity index (χ0) is 19.0. The lowest BCUT2D eigenvalue weighted by atomic mass is 10.1. The molecule has 4 aromatic rings. The molecule has 0 aliphatic rings. The van der Waals surface area contributed by atoms with Crippen molar-refractivity contribution in [1.29, 1.82) is 0 Å². The van der Waals surface area contributed by atoms with E-state index >= 15 is 0 Å². The second kappa shape index (κ2) is 6.89. The lowest BCUT2D eigenvalue weighted by molar-refractivity contribution is 0.0998. The summed E-state index contributed by atoms with van der Waals surface area (Å²) in [7, 11) is 1.64. The summed E-state index contributed by atoms with van der Waals surface area (Å²) in [5.74, 6) is 0.814. The maximum absolute atomic E-state index is 12.7. The first-order valence-corrected chi connectivity index (χ1v) is 9.30. The van der Waals surface area contributed by atoms with E-state index in [0.717, 1.165) is 32.8 Å². The highest BCUT2D eigenvalue weighted by Crippen LogP contribution is 2.32. The van der Waals surface area contributed by atoms with E-state index in [2.05, 4.69) is 10.3 Å². The molecule has 2 aromatic heterocycles. The van der Waals surface area contributed by atoms with Gasteiger partial charge in [0.15, 0.2) is 10.9 Å². The molecule has 0 atom stereocenters. The van der Waals surface area contributed by atoms with Crippen LogP contribution in [0, 0.1) is 13.8 Å². The Morgan fingerprint density at radius 1 is 1.11 bits per heavy atom. The number of nitrogens with zero attached hydrogens (tertiary/aromatic N) is 1. The molecule has 0 bridgehead atoms. The van der Waals surface area contributed by atoms with Crippen molar-refractivity contribution in [3.63, 3.8) is 0 Å². The Kier molecular flexibility index (Phi) is 4.41. The van der Waals surface area contributed by atoms with Gasteiger partial charge in [-0.1, -0.05) is 18.2 Å². The van der Waals surface area contributed by atoms with Crippen molar-refractivity contribution in [2.24, 2.45) is 0 Å². The Labute approximate surface area is 160 Å². The number of hydrogen-bond acceptors (Lipinski definition) is 5. The molecule has 0 fully saturated rings. The third-order valence-corrected chi connectivity index (χ3v) is 5.32. The summed E-state index contributed by atoms with van der Waals surface area (Å²) in [5, 5.41) is 4.35. The summed E-state index contributed by atoms with van der Waals surface area (Å²) < 4.78 is 10.9. The highest BCUT2D eigenvalue weighted by atomic mass is 32.1. The van der Waals surface area contributed by atoms with Crippen LogP contribution in [0.15, 0.2) is 52.9 Å². The molecule has 0 aliphatic heterocycles. The van der Waals surface area contributed by atoms with Crippen molar-refractivity contribution in [1.82, 2.24) is 4.98 Å². The molecule has 27 heavy (non-hydrogen) atoms. The highest BCUT2D eigenvalue weighted by molar-refractivity contribution is 7.16. The van der Waals surface area contributed by atoms with E-state index in [4.69, 9.17) is 9.15 Å². The van der Waals surface area contributed by atoms with E-state index in [1.807, 2.05) is 62.4 Å². The quantitative estimate of drug-likeness (QED) is 0.514. The Balaban J connectivity index is 1.60. The zero-order valence-corrected chi connectivity index (χ0v) is 16.0. The number of thiazole rings is 1. The Bertz CT molecular complexity index is 1130. The molecular formula is C21H18N2O3S. The topological polar surface area (TPSA) is 64.4 Å². The van der Waals surface area contributed by atoms with Gasteiger partial charge in [0, 0.05) is 21.4 Å². The second-order valence-corrected chi connectivity index (χ2v) is 7.36. The molecule has 0 saturated carbocycles. The minimum Gasteiger partial charge on any atom is -0.497 e. The first kappa shape index (κ1) is 17.3. The number of hydrogen-bond donors (Lipinski definition) is 1. The van der Waals surface area contributed by atoms with Crippen LogP contribution in [0.1, 0.15) is 21.0 Å². The average molecular weight is 378 g/mol. The van der Waals surface area contributed by atoms with Gasteiger partial charge >= 0.3 is 0 Å². The van der Waals surface area contributed by atoms with Crippen LogP contribution >= 0.6 is 11.3 Å². The van der Waals surface area contributed by atoms with Crippen LogP contribution in [0.3, 0.4) is 0 Å². The molecule has 0 radical (unpaired) electrons. The summed E-state index contributed by atoms with van der Waals surface area (Å²) in [6, 6.07) is 15.3. The fraction of sp³-hybridized carbons (Fsp3) is 0.143. The van der Waals surface area contributed by atoms with Gasteiger partial charge in [-0.2, -0.15) is 0 Å². The van der Waals surface area contributed by atoms with Gasteiger partial charge in [0.05, 0.1) is 12.8 Å². The monoisotopic (exact) mass is 378 g/mol. The number of amides is 1. The van der Waals surface area contributed by atoms with Gasteiger partial charge < -0.3 is 9.15 Å². The van der Waals surface area contributed by atoms with Crippen LogP contribution in [-0.4, -0.2) is 18.0 Å². The molecule has 4 rings (SSSR count). The van der Waals surface area contributed by atoms with E-state index in [9.17, 15) is 4.79 Å². The fourth-order valence-electron chi connectivity index (χ4n) is 3.01. The maximum atomic E-state index is 12.7. The molecule has 0 spiro atoms. The minimum absolute atomic E-state index is 0.293. The molecule has 1 amide bonds. The zero-order valence-electron chi connectivity index (χ0n) is 15.2. The van der Waals surface area contributed by atoms with E-state index < -0.39 is 0 Å².